The predicted octanol–water partition coefficient (Wildman–Crippen LogP) is 5.50. The van der Waals surface area contributed by atoms with E-state index in [4.69, 9.17) is 4.74 Å². The zero-order chi connectivity index (χ0) is 23.3. The number of sulfonamides is 1. The Labute approximate surface area is 190 Å². The minimum atomic E-state index is -4.05. The summed E-state index contributed by atoms with van der Waals surface area (Å²) in [6.07, 6.45) is 0.447. The molecular formula is C26H29NO4S. The number of anilines is 1. The molecule has 0 saturated carbocycles. The molecule has 3 aromatic carbocycles. The van der Waals surface area contributed by atoms with Crippen molar-refractivity contribution in [3.63, 3.8) is 0 Å². The van der Waals surface area contributed by atoms with Gasteiger partial charge in [-0.1, -0.05) is 48.0 Å². The highest BCUT2D eigenvalue weighted by molar-refractivity contribution is 7.93. The Hall–Kier alpha value is -3.12. The Morgan fingerprint density at radius 2 is 1.50 bits per heavy atom. The molecule has 0 saturated heterocycles. The Kier molecular flexibility index (Phi) is 7.36. The Morgan fingerprint density at radius 3 is 2.19 bits per heavy atom. The number of hydrogen-bond acceptors (Lipinski definition) is 4. The molecule has 1 amide bonds. The summed E-state index contributed by atoms with van der Waals surface area (Å²) in [5.41, 5.74) is 4.16. The van der Waals surface area contributed by atoms with E-state index in [0.717, 1.165) is 32.3 Å². The van der Waals surface area contributed by atoms with E-state index >= 15 is 0 Å². The van der Waals surface area contributed by atoms with Gasteiger partial charge in [0.15, 0.2) is 0 Å². The Morgan fingerprint density at radius 1 is 0.844 bits per heavy atom. The van der Waals surface area contributed by atoms with Crippen molar-refractivity contribution >= 4 is 21.6 Å². The van der Waals surface area contributed by atoms with Crippen molar-refractivity contribution in [1.29, 1.82) is 0 Å². The standard InChI is InChI=1S/C26H29NO4S/c1-19-13-15-25(22(4)17-19)31-16-8-11-26(28)27(24-18-20(2)12-14-21(24)3)32(29,30)23-9-6-5-7-10-23/h5-7,9-10,12-15,17-18H,8,11,16H2,1-4H3. The van der Waals surface area contributed by atoms with Crippen molar-refractivity contribution in [3.8, 4) is 5.75 Å². The third-order valence-electron chi connectivity index (χ3n) is 5.21. The lowest BCUT2D eigenvalue weighted by atomic mass is 10.1. The first kappa shape index (κ1) is 23.5. The molecule has 0 aliphatic carbocycles. The van der Waals surface area contributed by atoms with Crippen molar-refractivity contribution in [1.82, 2.24) is 0 Å². The molecule has 0 aliphatic heterocycles. The normalized spacial score (nSPS) is 11.2. The molecule has 5 nitrogen and oxygen atoms in total. The second-order valence-electron chi connectivity index (χ2n) is 7.99. The Bertz CT molecular complexity index is 1200. The van der Waals surface area contributed by atoms with Crippen LogP contribution in [0.1, 0.15) is 35.1 Å². The number of nitrogens with zero attached hydrogens (tertiary/aromatic N) is 1. The first-order valence-corrected chi connectivity index (χ1v) is 12.0. The molecule has 168 valence electrons. The summed E-state index contributed by atoms with van der Waals surface area (Å²) in [5, 5.41) is 0. The smallest absolute Gasteiger partial charge is 0.270 e. The van der Waals surface area contributed by atoms with Crippen molar-refractivity contribution < 1.29 is 17.9 Å². The zero-order valence-corrected chi connectivity index (χ0v) is 19.8. The molecule has 3 aromatic rings. The molecule has 0 aromatic heterocycles. The minimum Gasteiger partial charge on any atom is -0.493 e. The molecular weight excluding hydrogens is 422 g/mol. The molecule has 0 heterocycles. The number of rotatable bonds is 8. The highest BCUT2D eigenvalue weighted by atomic mass is 32.2. The number of benzene rings is 3. The molecule has 0 unspecified atom stereocenters. The summed E-state index contributed by atoms with van der Waals surface area (Å²) in [7, 11) is -4.05. The summed E-state index contributed by atoms with van der Waals surface area (Å²) in [4.78, 5) is 13.3. The fourth-order valence-electron chi connectivity index (χ4n) is 3.50. The van der Waals surface area contributed by atoms with E-state index in [-0.39, 0.29) is 11.3 Å². The van der Waals surface area contributed by atoms with Crippen LogP contribution in [0.25, 0.3) is 0 Å². The average Bonchev–Trinajstić information content (AvgIpc) is 2.75. The van der Waals surface area contributed by atoms with Gasteiger partial charge in [-0.05, 0) is 75.1 Å². The number of carbonyl (C=O) groups is 1. The van der Waals surface area contributed by atoms with Gasteiger partial charge in [0.2, 0.25) is 5.91 Å². The van der Waals surface area contributed by atoms with E-state index in [0.29, 0.717) is 18.7 Å². The van der Waals surface area contributed by atoms with E-state index in [1.165, 1.54) is 12.1 Å². The zero-order valence-electron chi connectivity index (χ0n) is 19.0. The molecule has 0 N–H and O–H groups in total. The summed E-state index contributed by atoms with van der Waals surface area (Å²) >= 11 is 0. The van der Waals surface area contributed by atoms with Crippen LogP contribution >= 0.6 is 0 Å². The van der Waals surface area contributed by atoms with Crippen LogP contribution in [0.3, 0.4) is 0 Å². The van der Waals surface area contributed by atoms with Crippen molar-refractivity contribution in [2.24, 2.45) is 0 Å². The highest BCUT2D eigenvalue weighted by Crippen LogP contribution is 2.29. The molecule has 0 fully saturated rings. The maximum Gasteiger partial charge on any atom is 0.270 e. The van der Waals surface area contributed by atoms with E-state index in [1.807, 2.05) is 51.1 Å². The van der Waals surface area contributed by atoms with E-state index in [9.17, 15) is 13.2 Å². The minimum absolute atomic E-state index is 0.0460. The maximum atomic E-state index is 13.4. The van der Waals surface area contributed by atoms with Crippen LogP contribution in [0.4, 0.5) is 5.69 Å². The summed E-state index contributed by atoms with van der Waals surface area (Å²) < 4.78 is 33.7. The second-order valence-corrected chi connectivity index (χ2v) is 9.77. The number of hydrogen-bond donors (Lipinski definition) is 0. The Balaban J connectivity index is 1.82. The quantitative estimate of drug-likeness (QED) is 0.424. The lowest BCUT2D eigenvalue weighted by Gasteiger charge is -2.25. The second kappa shape index (κ2) is 10.0. The molecule has 3 rings (SSSR count). The van der Waals surface area contributed by atoms with E-state index < -0.39 is 15.9 Å². The maximum absolute atomic E-state index is 13.4. The van der Waals surface area contributed by atoms with Crippen LogP contribution < -0.4 is 9.04 Å². The van der Waals surface area contributed by atoms with Gasteiger partial charge in [0.05, 0.1) is 17.2 Å². The van der Waals surface area contributed by atoms with Crippen molar-refractivity contribution in [2.75, 3.05) is 10.9 Å². The monoisotopic (exact) mass is 451 g/mol. The van der Waals surface area contributed by atoms with E-state index in [2.05, 4.69) is 0 Å². The third-order valence-corrected chi connectivity index (χ3v) is 6.96. The summed E-state index contributed by atoms with van der Waals surface area (Å²) in [5.74, 6) is 0.290. The molecule has 0 aliphatic rings. The molecule has 0 atom stereocenters. The molecule has 6 heteroatoms. The van der Waals surface area contributed by atoms with Gasteiger partial charge in [0.1, 0.15) is 5.75 Å². The number of carbonyl (C=O) groups excluding carboxylic acids is 1. The third kappa shape index (κ3) is 5.37. The van der Waals surface area contributed by atoms with Crippen LogP contribution in [0.2, 0.25) is 0 Å². The van der Waals surface area contributed by atoms with Crippen LogP contribution in [0, 0.1) is 27.7 Å². The van der Waals surface area contributed by atoms with E-state index in [1.54, 1.807) is 31.2 Å². The van der Waals surface area contributed by atoms with Gasteiger partial charge in [-0.3, -0.25) is 4.79 Å². The number of amides is 1. The average molecular weight is 452 g/mol. The van der Waals surface area contributed by atoms with Gasteiger partial charge >= 0.3 is 0 Å². The first-order valence-electron chi connectivity index (χ1n) is 10.6. The van der Waals surface area contributed by atoms with Crippen LogP contribution in [-0.2, 0) is 14.8 Å². The number of ether oxygens (including phenoxy) is 1. The molecule has 0 spiro atoms. The number of aryl methyl sites for hydroxylation is 4. The van der Waals surface area contributed by atoms with Gasteiger partial charge in [0.25, 0.3) is 10.0 Å². The van der Waals surface area contributed by atoms with Gasteiger partial charge in [0, 0.05) is 6.42 Å². The molecule has 0 radical (unpaired) electrons. The van der Waals surface area contributed by atoms with Gasteiger partial charge in [-0.25, -0.2) is 12.7 Å². The SMILES string of the molecule is Cc1ccc(OCCCC(=O)N(c2cc(C)ccc2C)S(=O)(=O)c2ccccc2)c(C)c1. The molecule has 0 bridgehead atoms. The van der Waals surface area contributed by atoms with Crippen LogP contribution in [0.5, 0.6) is 5.75 Å². The van der Waals surface area contributed by atoms with Crippen LogP contribution in [0.15, 0.2) is 71.6 Å². The highest BCUT2D eigenvalue weighted by Gasteiger charge is 2.31. The molecule has 32 heavy (non-hydrogen) atoms. The van der Waals surface area contributed by atoms with Gasteiger partial charge in [-0.2, -0.15) is 0 Å². The van der Waals surface area contributed by atoms with Gasteiger partial charge < -0.3 is 4.74 Å². The van der Waals surface area contributed by atoms with Crippen molar-refractivity contribution in [2.45, 2.75) is 45.4 Å². The van der Waals surface area contributed by atoms with Gasteiger partial charge in [-0.15, -0.1) is 0 Å². The summed E-state index contributed by atoms with van der Waals surface area (Å²) in [6, 6.07) is 19.4. The summed E-state index contributed by atoms with van der Waals surface area (Å²) in [6.45, 7) is 7.99. The largest absolute Gasteiger partial charge is 0.493 e. The van der Waals surface area contributed by atoms with Crippen LogP contribution in [-0.4, -0.2) is 20.9 Å². The topological polar surface area (TPSA) is 63.7 Å². The first-order chi connectivity index (χ1) is 15.2. The predicted molar refractivity (Wildman–Crippen MR) is 128 cm³/mol. The van der Waals surface area contributed by atoms with Crippen molar-refractivity contribution in [3.05, 3.63) is 89.0 Å². The lowest BCUT2D eigenvalue weighted by Crippen LogP contribution is -2.37. The fraction of sp³-hybridized carbons (Fsp3) is 0.269. The lowest BCUT2D eigenvalue weighted by molar-refractivity contribution is -0.117. The fourth-order valence-corrected chi connectivity index (χ4v) is 5.03.